The summed E-state index contributed by atoms with van der Waals surface area (Å²) in [5.74, 6) is 1.40. The third-order valence-corrected chi connectivity index (χ3v) is 3.52. The number of aromatic nitrogens is 1. The predicted molar refractivity (Wildman–Crippen MR) is 93.5 cm³/mol. The van der Waals surface area contributed by atoms with Gasteiger partial charge in [-0.15, -0.1) is 0 Å². The maximum atomic E-state index is 12.0. The number of amides is 1. The fraction of sp³-hybridized carbons (Fsp3) is 0.158. The summed E-state index contributed by atoms with van der Waals surface area (Å²) in [6.45, 7) is 0.327. The van der Waals surface area contributed by atoms with Crippen LogP contribution in [0.1, 0.15) is 6.42 Å². The number of carbonyl (C=O) groups is 1. The first kappa shape index (κ1) is 15.8. The SMILES string of the molecule is COc1ccc2cc(NC(=O)CCOc3ccccc3)cnc2c1. The van der Waals surface area contributed by atoms with E-state index in [1.807, 2.05) is 54.6 Å². The monoisotopic (exact) mass is 322 g/mol. The highest BCUT2D eigenvalue weighted by Gasteiger charge is 2.05. The molecular weight excluding hydrogens is 304 g/mol. The van der Waals surface area contributed by atoms with E-state index < -0.39 is 0 Å². The molecule has 1 aromatic heterocycles. The fourth-order valence-electron chi connectivity index (χ4n) is 2.30. The van der Waals surface area contributed by atoms with Gasteiger partial charge in [-0.05, 0) is 30.3 Å². The maximum absolute atomic E-state index is 12.0. The van der Waals surface area contributed by atoms with Crippen LogP contribution < -0.4 is 14.8 Å². The summed E-state index contributed by atoms with van der Waals surface area (Å²) < 4.78 is 10.7. The van der Waals surface area contributed by atoms with Crippen molar-refractivity contribution < 1.29 is 14.3 Å². The number of fused-ring (bicyclic) bond motifs is 1. The van der Waals surface area contributed by atoms with Crippen LogP contribution in [0, 0.1) is 0 Å². The van der Waals surface area contributed by atoms with Crippen LogP contribution in [0.2, 0.25) is 0 Å². The molecule has 0 aliphatic carbocycles. The van der Waals surface area contributed by atoms with Crippen molar-refractivity contribution in [3.63, 3.8) is 0 Å². The molecule has 0 radical (unpaired) electrons. The second kappa shape index (κ2) is 7.46. The zero-order valence-corrected chi connectivity index (χ0v) is 13.4. The fourth-order valence-corrected chi connectivity index (χ4v) is 2.30. The van der Waals surface area contributed by atoms with Crippen LogP contribution in [0.3, 0.4) is 0 Å². The van der Waals surface area contributed by atoms with Crippen molar-refractivity contribution in [3.8, 4) is 11.5 Å². The summed E-state index contributed by atoms with van der Waals surface area (Å²) in [5.41, 5.74) is 1.48. The molecule has 3 rings (SSSR count). The molecular formula is C19H18N2O3. The first-order chi connectivity index (χ1) is 11.7. The summed E-state index contributed by atoms with van der Waals surface area (Å²) in [5, 5.41) is 3.78. The van der Waals surface area contributed by atoms with Gasteiger partial charge >= 0.3 is 0 Å². The van der Waals surface area contributed by atoms with Crippen LogP contribution in [0.15, 0.2) is 60.8 Å². The maximum Gasteiger partial charge on any atom is 0.227 e. The number of hydrogen-bond acceptors (Lipinski definition) is 4. The molecule has 0 saturated heterocycles. The van der Waals surface area contributed by atoms with Crippen LogP contribution in [-0.2, 0) is 4.79 Å². The molecule has 3 aromatic rings. The Bertz CT molecular complexity index is 834. The van der Waals surface area contributed by atoms with Gasteiger partial charge in [-0.25, -0.2) is 0 Å². The third-order valence-electron chi connectivity index (χ3n) is 3.52. The highest BCUT2D eigenvalue weighted by molar-refractivity contribution is 5.93. The minimum absolute atomic E-state index is 0.111. The Labute approximate surface area is 140 Å². The number of carbonyl (C=O) groups excluding carboxylic acids is 1. The van der Waals surface area contributed by atoms with E-state index in [1.165, 1.54) is 0 Å². The molecule has 5 heteroatoms. The van der Waals surface area contributed by atoms with E-state index in [1.54, 1.807) is 13.3 Å². The Morgan fingerprint density at radius 2 is 1.92 bits per heavy atom. The number of anilines is 1. The van der Waals surface area contributed by atoms with Crippen LogP contribution >= 0.6 is 0 Å². The molecule has 0 aliphatic rings. The topological polar surface area (TPSA) is 60.5 Å². The van der Waals surface area contributed by atoms with Gasteiger partial charge in [0.15, 0.2) is 0 Å². The van der Waals surface area contributed by atoms with E-state index in [0.29, 0.717) is 12.3 Å². The summed E-state index contributed by atoms with van der Waals surface area (Å²) in [4.78, 5) is 16.3. The smallest absolute Gasteiger partial charge is 0.227 e. The van der Waals surface area contributed by atoms with Crippen LogP contribution in [-0.4, -0.2) is 24.6 Å². The number of methoxy groups -OCH3 is 1. The van der Waals surface area contributed by atoms with Crippen molar-refractivity contribution in [1.29, 1.82) is 0 Å². The lowest BCUT2D eigenvalue weighted by Crippen LogP contribution is -2.15. The quantitative estimate of drug-likeness (QED) is 0.752. The standard InChI is InChI=1S/C19H18N2O3/c1-23-17-8-7-14-11-15(13-20-18(14)12-17)21-19(22)9-10-24-16-5-3-2-4-6-16/h2-8,11-13H,9-10H2,1H3,(H,21,22). The normalized spacial score (nSPS) is 10.4. The number of para-hydroxylation sites is 1. The largest absolute Gasteiger partial charge is 0.497 e. The second-order valence-electron chi connectivity index (χ2n) is 5.24. The molecule has 0 aliphatic heterocycles. The Hall–Kier alpha value is -3.08. The number of rotatable bonds is 6. The van der Waals surface area contributed by atoms with Gasteiger partial charge in [0, 0.05) is 11.5 Å². The molecule has 0 unspecified atom stereocenters. The van der Waals surface area contributed by atoms with E-state index in [0.717, 1.165) is 22.4 Å². The zero-order valence-electron chi connectivity index (χ0n) is 13.4. The molecule has 0 bridgehead atoms. The summed E-state index contributed by atoms with van der Waals surface area (Å²) in [7, 11) is 1.62. The molecule has 5 nitrogen and oxygen atoms in total. The van der Waals surface area contributed by atoms with Gasteiger partial charge in [0.2, 0.25) is 5.91 Å². The van der Waals surface area contributed by atoms with Gasteiger partial charge in [-0.3, -0.25) is 9.78 Å². The molecule has 0 spiro atoms. The summed E-state index contributed by atoms with van der Waals surface area (Å²) >= 11 is 0. The lowest BCUT2D eigenvalue weighted by atomic mass is 10.2. The number of nitrogens with zero attached hydrogens (tertiary/aromatic N) is 1. The molecule has 2 aromatic carbocycles. The van der Waals surface area contributed by atoms with Crippen molar-refractivity contribution in [1.82, 2.24) is 4.98 Å². The third kappa shape index (κ3) is 4.01. The Balaban J connectivity index is 1.57. The lowest BCUT2D eigenvalue weighted by molar-refractivity contribution is -0.116. The average Bonchev–Trinajstić information content (AvgIpc) is 2.62. The van der Waals surface area contributed by atoms with Crippen molar-refractivity contribution in [2.24, 2.45) is 0 Å². The lowest BCUT2D eigenvalue weighted by Gasteiger charge is -2.08. The Morgan fingerprint density at radius 1 is 1.08 bits per heavy atom. The van der Waals surface area contributed by atoms with Crippen LogP contribution in [0.4, 0.5) is 5.69 Å². The van der Waals surface area contributed by atoms with E-state index >= 15 is 0 Å². The Kier molecular flexibility index (Phi) is 4.91. The van der Waals surface area contributed by atoms with Crippen LogP contribution in [0.25, 0.3) is 10.9 Å². The molecule has 1 N–H and O–H groups in total. The van der Waals surface area contributed by atoms with Crippen molar-refractivity contribution in [2.45, 2.75) is 6.42 Å². The van der Waals surface area contributed by atoms with Gasteiger partial charge in [0.1, 0.15) is 11.5 Å². The number of nitrogens with one attached hydrogen (secondary N) is 1. The minimum atomic E-state index is -0.111. The van der Waals surface area contributed by atoms with E-state index in [-0.39, 0.29) is 12.3 Å². The van der Waals surface area contributed by atoms with Gasteiger partial charge in [-0.1, -0.05) is 18.2 Å². The molecule has 122 valence electrons. The Morgan fingerprint density at radius 3 is 2.71 bits per heavy atom. The number of hydrogen-bond donors (Lipinski definition) is 1. The number of pyridine rings is 1. The van der Waals surface area contributed by atoms with Crippen LogP contribution in [0.5, 0.6) is 11.5 Å². The molecule has 24 heavy (non-hydrogen) atoms. The van der Waals surface area contributed by atoms with Gasteiger partial charge in [-0.2, -0.15) is 0 Å². The molecule has 1 amide bonds. The molecule has 0 saturated carbocycles. The minimum Gasteiger partial charge on any atom is -0.497 e. The zero-order chi connectivity index (χ0) is 16.8. The number of ether oxygens (including phenoxy) is 2. The second-order valence-corrected chi connectivity index (χ2v) is 5.24. The molecule has 1 heterocycles. The summed E-state index contributed by atoms with van der Waals surface area (Å²) in [6, 6.07) is 16.9. The van der Waals surface area contributed by atoms with Gasteiger partial charge in [0.05, 0.1) is 37.5 Å². The highest BCUT2D eigenvalue weighted by Crippen LogP contribution is 2.21. The first-order valence-corrected chi connectivity index (χ1v) is 7.66. The van der Waals surface area contributed by atoms with Crippen molar-refractivity contribution in [3.05, 3.63) is 60.8 Å². The predicted octanol–water partition coefficient (Wildman–Crippen LogP) is 3.65. The van der Waals surface area contributed by atoms with E-state index in [4.69, 9.17) is 9.47 Å². The molecule has 0 atom stereocenters. The van der Waals surface area contributed by atoms with E-state index in [2.05, 4.69) is 10.3 Å². The average molecular weight is 322 g/mol. The number of benzene rings is 2. The summed E-state index contributed by atoms with van der Waals surface area (Å²) in [6.07, 6.45) is 1.91. The van der Waals surface area contributed by atoms with Gasteiger partial charge < -0.3 is 14.8 Å². The van der Waals surface area contributed by atoms with E-state index in [9.17, 15) is 4.79 Å². The first-order valence-electron chi connectivity index (χ1n) is 7.66. The van der Waals surface area contributed by atoms with Crippen molar-refractivity contribution >= 4 is 22.5 Å². The van der Waals surface area contributed by atoms with Crippen molar-refractivity contribution in [2.75, 3.05) is 19.0 Å². The highest BCUT2D eigenvalue weighted by atomic mass is 16.5. The van der Waals surface area contributed by atoms with Gasteiger partial charge in [0.25, 0.3) is 0 Å². The molecule has 0 fully saturated rings.